The number of hydrogen-bond donors (Lipinski definition) is 0. The molecule has 0 aromatic rings. The molecule has 0 aliphatic heterocycles. The summed E-state index contributed by atoms with van der Waals surface area (Å²) < 4.78 is 15.4. The van der Waals surface area contributed by atoms with E-state index in [0.717, 1.165) is 32.1 Å². The number of ether oxygens (including phenoxy) is 3. The Kier molecular flexibility index (Phi) is 18.8. The molecule has 0 heterocycles. The maximum Gasteiger partial charge on any atom is 0.305 e. The van der Waals surface area contributed by atoms with Gasteiger partial charge >= 0.3 is 5.97 Å². The Balaban J connectivity index is 3.63. The zero-order chi connectivity index (χ0) is 18.6. The number of carbonyl (C=O) groups is 1. The fraction of sp³-hybridized carbons (Fsp3) is 0.857. The highest BCUT2D eigenvalue weighted by molar-refractivity contribution is 5.68. The van der Waals surface area contributed by atoms with Crippen LogP contribution in [0, 0.1) is 0 Å². The third-order valence-electron chi connectivity index (χ3n) is 4.35. The highest BCUT2D eigenvalue weighted by Crippen LogP contribution is 2.13. The van der Waals surface area contributed by atoms with Gasteiger partial charge in [-0.15, -0.1) is 0 Å². The summed E-state index contributed by atoms with van der Waals surface area (Å²) in [7, 11) is 3.12. The van der Waals surface area contributed by atoms with Gasteiger partial charge in [0, 0.05) is 13.5 Å². The quantitative estimate of drug-likeness (QED) is 0.135. The molecule has 0 aromatic carbocycles. The lowest BCUT2D eigenvalue weighted by molar-refractivity contribution is -0.140. The first-order valence-corrected chi connectivity index (χ1v) is 10.1. The summed E-state index contributed by atoms with van der Waals surface area (Å²) in [4.78, 5) is 11.0. The molecule has 0 saturated carbocycles. The number of esters is 1. The van der Waals surface area contributed by atoms with Crippen LogP contribution in [0.15, 0.2) is 12.2 Å². The first-order valence-electron chi connectivity index (χ1n) is 10.1. The molecule has 1 unspecified atom stereocenters. The van der Waals surface area contributed by atoms with Gasteiger partial charge in [0.25, 0.3) is 0 Å². The minimum Gasteiger partial charge on any atom is -0.469 e. The molecule has 4 heteroatoms. The van der Waals surface area contributed by atoms with Gasteiger partial charge in [-0.3, -0.25) is 4.79 Å². The fourth-order valence-electron chi connectivity index (χ4n) is 2.76. The predicted octanol–water partition coefficient (Wildman–Crippen LogP) is 5.80. The third-order valence-corrected chi connectivity index (χ3v) is 4.35. The van der Waals surface area contributed by atoms with Gasteiger partial charge in [0.05, 0.1) is 13.2 Å². The Morgan fingerprint density at radius 2 is 1.64 bits per heavy atom. The summed E-state index contributed by atoms with van der Waals surface area (Å²) >= 11 is 0. The minimum atomic E-state index is -0.0946. The second-order valence-corrected chi connectivity index (χ2v) is 6.63. The number of unbranched alkanes of at least 4 members (excludes halogenated alkanes) is 8. The molecule has 0 aliphatic rings. The summed E-state index contributed by atoms with van der Waals surface area (Å²) in [6, 6.07) is 0. The first kappa shape index (κ1) is 24.1. The topological polar surface area (TPSA) is 44.8 Å². The van der Waals surface area contributed by atoms with Crippen molar-refractivity contribution in [1.29, 1.82) is 0 Å². The van der Waals surface area contributed by atoms with Crippen LogP contribution in [0.4, 0.5) is 0 Å². The zero-order valence-electron chi connectivity index (χ0n) is 16.8. The zero-order valence-corrected chi connectivity index (χ0v) is 16.8. The van der Waals surface area contributed by atoms with Gasteiger partial charge in [0.15, 0.2) is 0 Å². The SMILES string of the molecule is CCCCCCC(CC=CCCCCCCCC(=O)OC)OCOC. The normalized spacial score (nSPS) is 12.6. The van der Waals surface area contributed by atoms with Crippen molar-refractivity contribution in [1.82, 2.24) is 0 Å². The van der Waals surface area contributed by atoms with E-state index in [1.807, 2.05) is 0 Å². The van der Waals surface area contributed by atoms with Gasteiger partial charge in [-0.1, -0.05) is 64.0 Å². The van der Waals surface area contributed by atoms with E-state index in [0.29, 0.717) is 13.2 Å². The van der Waals surface area contributed by atoms with Crippen molar-refractivity contribution in [3.8, 4) is 0 Å². The van der Waals surface area contributed by atoms with Crippen LogP contribution in [0.2, 0.25) is 0 Å². The van der Waals surface area contributed by atoms with Crippen LogP contribution in [-0.4, -0.2) is 33.1 Å². The van der Waals surface area contributed by atoms with Crippen molar-refractivity contribution in [3.63, 3.8) is 0 Å². The summed E-state index contributed by atoms with van der Waals surface area (Å²) in [6.07, 6.45) is 19.4. The van der Waals surface area contributed by atoms with Gasteiger partial charge in [-0.25, -0.2) is 0 Å². The molecule has 0 spiro atoms. The van der Waals surface area contributed by atoms with Crippen molar-refractivity contribution in [3.05, 3.63) is 12.2 Å². The van der Waals surface area contributed by atoms with E-state index in [9.17, 15) is 4.79 Å². The Morgan fingerprint density at radius 1 is 0.920 bits per heavy atom. The molecule has 0 aliphatic carbocycles. The van der Waals surface area contributed by atoms with Gasteiger partial charge in [-0.05, 0) is 32.1 Å². The molecule has 0 bridgehead atoms. The number of carbonyl (C=O) groups excluding carboxylic acids is 1. The van der Waals surface area contributed by atoms with Crippen molar-refractivity contribution < 1.29 is 19.0 Å². The van der Waals surface area contributed by atoms with E-state index in [4.69, 9.17) is 9.47 Å². The number of methoxy groups -OCH3 is 2. The molecule has 0 rings (SSSR count). The lowest BCUT2D eigenvalue weighted by Gasteiger charge is -2.15. The standard InChI is InChI=1S/C21H40O4/c1-4-5-6-13-16-20(25-19-23-2)17-14-11-9-7-8-10-12-15-18-21(22)24-3/h11,14,20H,4-10,12-13,15-19H2,1-3H3. The summed E-state index contributed by atoms with van der Waals surface area (Å²) in [5, 5.41) is 0. The maximum atomic E-state index is 11.0. The minimum absolute atomic E-state index is 0.0946. The summed E-state index contributed by atoms with van der Waals surface area (Å²) in [5.74, 6) is -0.0946. The van der Waals surface area contributed by atoms with E-state index in [1.165, 1.54) is 52.1 Å². The molecule has 0 radical (unpaired) electrons. The smallest absolute Gasteiger partial charge is 0.305 e. The van der Waals surface area contributed by atoms with Crippen LogP contribution in [0.25, 0.3) is 0 Å². The maximum absolute atomic E-state index is 11.0. The van der Waals surface area contributed by atoms with Crippen LogP contribution in [0.5, 0.6) is 0 Å². The van der Waals surface area contributed by atoms with Crippen molar-refractivity contribution in [2.24, 2.45) is 0 Å². The fourth-order valence-corrected chi connectivity index (χ4v) is 2.76. The van der Waals surface area contributed by atoms with E-state index >= 15 is 0 Å². The molecule has 148 valence electrons. The molecule has 0 N–H and O–H groups in total. The molecule has 0 saturated heterocycles. The molecule has 0 aromatic heterocycles. The second kappa shape index (κ2) is 19.5. The Labute approximate surface area is 155 Å². The van der Waals surface area contributed by atoms with Crippen LogP contribution >= 0.6 is 0 Å². The molecular formula is C21H40O4. The van der Waals surface area contributed by atoms with E-state index in [1.54, 1.807) is 7.11 Å². The Hall–Kier alpha value is -0.870. The van der Waals surface area contributed by atoms with Gasteiger partial charge < -0.3 is 14.2 Å². The van der Waals surface area contributed by atoms with Crippen LogP contribution < -0.4 is 0 Å². The van der Waals surface area contributed by atoms with E-state index in [-0.39, 0.29) is 12.1 Å². The highest BCUT2D eigenvalue weighted by Gasteiger charge is 2.06. The summed E-state index contributed by atoms with van der Waals surface area (Å²) in [5.41, 5.74) is 0. The van der Waals surface area contributed by atoms with Gasteiger partial charge in [-0.2, -0.15) is 0 Å². The largest absolute Gasteiger partial charge is 0.469 e. The molecule has 0 fully saturated rings. The monoisotopic (exact) mass is 356 g/mol. The lowest BCUT2D eigenvalue weighted by Crippen LogP contribution is -2.13. The molecule has 1 atom stereocenters. The van der Waals surface area contributed by atoms with Crippen LogP contribution in [0.3, 0.4) is 0 Å². The average Bonchev–Trinajstić information content (AvgIpc) is 2.63. The van der Waals surface area contributed by atoms with Crippen LogP contribution in [-0.2, 0) is 19.0 Å². The number of hydrogen-bond acceptors (Lipinski definition) is 4. The number of rotatable bonds is 18. The molecule has 0 amide bonds. The summed E-state index contributed by atoms with van der Waals surface area (Å²) in [6.45, 7) is 2.62. The molecule has 4 nitrogen and oxygen atoms in total. The second-order valence-electron chi connectivity index (χ2n) is 6.63. The first-order chi connectivity index (χ1) is 12.2. The van der Waals surface area contributed by atoms with Crippen LogP contribution in [0.1, 0.15) is 90.4 Å². The van der Waals surface area contributed by atoms with Gasteiger partial charge in [0.2, 0.25) is 0 Å². The van der Waals surface area contributed by atoms with Crippen molar-refractivity contribution in [2.75, 3.05) is 21.0 Å². The third kappa shape index (κ3) is 17.7. The molecule has 25 heavy (non-hydrogen) atoms. The van der Waals surface area contributed by atoms with E-state index in [2.05, 4.69) is 23.8 Å². The predicted molar refractivity (Wildman–Crippen MR) is 104 cm³/mol. The van der Waals surface area contributed by atoms with E-state index < -0.39 is 0 Å². The Bertz CT molecular complexity index is 315. The highest BCUT2D eigenvalue weighted by atomic mass is 16.7. The lowest BCUT2D eigenvalue weighted by atomic mass is 10.1. The number of allylic oxidation sites excluding steroid dienone is 1. The van der Waals surface area contributed by atoms with Crippen molar-refractivity contribution >= 4 is 5.97 Å². The average molecular weight is 357 g/mol. The molecular weight excluding hydrogens is 316 g/mol. The van der Waals surface area contributed by atoms with Gasteiger partial charge in [0.1, 0.15) is 6.79 Å². The van der Waals surface area contributed by atoms with Crippen molar-refractivity contribution in [2.45, 2.75) is 96.5 Å². The Morgan fingerprint density at radius 3 is 2.36 bits per heavy atom.